The second-order valence-electron chi connectivity index (χ2n) is 3.78. The fourth-order valence-corrected chi connectivity index (χ4v) is 2.20. The molecule has 1 aromatic carbocycles. The monoisotopic (exact) mass is 250 g/mol. The number of nitrogens with one attached hydrogen (secondary N) is 1. The third kappa shape index (κ3) is 2.22. The second kappa shape index (κ2) is 4.91. The van der Waals surface area contributed by atoms with Crippen molar-refractivity contribution in [3.63, 3.8) is 0 Å². The predicted molar refractivity (Wildman–Crippen MR) is 69.8 cm³/mol. The molecule has 0 amide bonds. The zero-order valence-electron chi connectivity index (χ0n) is 9.38. The van der Waals surface area contributed by atoms with Crippen molar-refractivity contribution in [1.29, 1.82) is 0 Å². The quantitative estimate of drug-likeness (QED) is 0.769. The van der Waals surface area contributed by atoms with Gasteiger partial charge in [0.1, 0.15) is 12.1 Å². The number of rotatable bonds is 3. The summed E-state index contributed by atoms with van der Waals surface area (Å²) in [6.45, 7) is 0. The van der Waals surface area contributed by atoms with E-state index in [2.05, 4.69) is 4.98 Å². The first-order chi connectivity index (χ1) is 8.15. The number of nitrogens with two attached hydrogens (primary N) is 1. The number of fused-ring (bicyclic) bond motifs is 1. The molecule has 4 N–H and O–H groups in total. The van der Waals surface area contributed by atoms with E-state index in [1.54, 1.807) is 12.5 Å². The minimum Gasteiger partial charge on any atom is -0.386 e. The van der Waals surface area contributed by atoms with Crippen molar-refractivity contribution in [3.8, 4) is 0 Å². The van der Waals surface area contributed by atoms with Gasteiger partial charge in [-0.2, -0.15) is 0 Å². The van der Waals surface area contributed by atoms with Gasteiger partial charge in [0.2, 0.25) is 5.12 Å². The summed E-state index contributed by atoms with van der Waals surface area (Å²) >= 11 is 1.03. The highest BCUT2D eigenvalue weighted by molar-refractivity contribution is 8.13. The zero-order valence-corrected chi connectivity index (χ0v) is 10.2. The van der Waals surface area contributed by atoms with E-state index in [9.17, 15) is 9.90 Å². The summed E-state index contributed by atoms with van der Waals surface area (Å²) < 4.78 is 0. The molecular formula is C12H14N2O2S. The van der Waals surface area contributed by atoms with Crippen molar-refractivity contribution in [1.82, 2.24) is 4.98 Å². The molecule has 5 heteroatoms. The van der Waals surface area contributed by atoms with Crippen molar-refractivity contribution < 1.29 is 9.90 Å². The van der Waals surface area contributed by atoms with Crippen LogP contribution in [0.4, 0.5) is 0 Å². The van der Waals surface area contributed by atoms with E-state index < -0.39 is 12.1 Å². The Hall–Kier alpha value is -1.30. The van der Waals surface area contributed by atoms with Gasteiger partial charge in [-0.3, -0.25) is 4.79 Å². The van der Waals surface area contributed by atoms with Gasteiger partial charge in [0.15, 0.2) is 0 Å². The number of hydrogen-bond acceptors (Lipinski definition) is 4. The Labute approximate surface area is 103 Å². The first-order valence-electron chi connectivity index (χ1n) is 5.22. The molecule has 0 radical (unpaired) electrons. The molecule has 17 heavy (non-hydrogen) atoms. The van der Waals surface area contributed by atoms with Crippen LogP contribution in [-0.4, -0.2) is 27.5 Å². The summed E-state index contributed by atoms with van der Waals surface area (Å²) in [4.78, 5) is 14.5. The van der Waals surface area contributed by atoms with Gasteiger partial charge in [-0.15, -0.1) is 0 Å². The Morgan fingerprint density at radius 1 is 1.47 bits per heavy atom. The van der Waals surface area contributed by atoms with Crippen molar-refractivity contribution in [2.24, 2.45) is 5.73 Å². The minimum atomic E-state index is -0.980. The molecule has 0 aliphatic carbocycles. The molecule has 0 fully saturated rings. The number of benzene rings is 1. The maximum absolute atomic E-state index is 11.5. The third-order valence-electron chi connectivity index (χ3n) is 2.75. The number of aromatic nitrogens is 1. The number of aliphatic hydroxyl groups excluding tert-OH is 1. The van der Waals surface area contributed by atoms with Gasteiger partial charge >= 0.3 is 0 Å². The van der Waals surface area contributed by atoms with E-state index in [0.29, 0.717) is 5.56 Å². The first kappa shape index (κ1) is 12.2. The Bertz CT molecular complexity index is 538. The van der Waals surface area contributed by atoms with Crippen LogP contribution < -0.4 is 5.73 Å². The summed E-state index contributed by atoms with van der Waals surface area (Å²) in [7, 11) is 0. The molecule has 2 rings (SSSR count). The van der Waals surface area contributed by atoms with Crippen LogP contribution in [0.2, 0.25) is 0 Å². The van der Waals surface area contributed by atoms with E-state index in [1.807, 2.05) is 24.3 Å². The minimum absolute atomic E-state index is 0.220. The van der Waals surface area contributed by atoms with E-state index in [4.69, 9.17) is 5.73 Å². The molecule has 1 aromatic heterocycles. The summed E-state index contributed by atoms with van der Waals surface area (Å²) in [5.41, 5.74) is 7.30. The predicted octanol–water partition coefficient (Wildman–Crippen LogP) is 1.42. The van der Waals surface area contributed by atoms with E-state index in [-0.39, 0.29) is 5.12 Å². The number of hydrogen-bond donors (Lipinski definition) is 3. The van der Waals surface area contributed by atoms with Crippen LogP contribution in [0.5, 0.6) is 0 Å². The van der Waals surface area contributed by atoms with Crippen LogP contribution in [0.25, 0.3) is 10.9 Å². The normalized spacial score (nSPS) is 14.8. The SMILES string of the molecule is CSC(=O)[C@@H](N)C(O)c1c[nH]c2ccccc12. The lowest BCUT2D eigenvalue weighted by Crippen LogP contribution is -2.34. The Morgan fingerprint density at radius 3 is 2.88 bits per heavy atom. The lowest BCUT2D eigenvalue weighted by Gasteiger charge is -2.16. The van der Waals surface area contributed by atoms with E-state index in [1.165, 1.54) is 0 Å². The molecule has 0 bridgehead atoms. The average molecular weight is 250 g/mol. The fourth-order valence-electron chi connectivity index (χ4n) is 1.80. The zero-order chi connectivity index (χ0) is 12.4. The van der Waals surface area contributed by atoms with Crippen LogP contribution >= 0.6 is 11.8 Å². The number of H-pyrrole nitrogens is 1. The Kier molecular flexibility index (Phi) is 3.51. The van der Waals surface area contributed by atoms with Crippen molar-refractivity contribution >= 4 is 27.8 Å². The molecule has 1 unspecified atom stereocenters. The van der Waals surface area contributed by atoms with Crippen LogP contribution in [0.15, 0.2) is 30.5 Å². The van der Waals surface area contributed by atoms with Crippen LogP contribution in [-0.2, 0) is 4.79 Å². The maximum Gasteiger partial charge on any atom is 0.208 e. The molecule has 90 valence electrons. The number of aromatic amines is 1. The van der Waals surface area contributed by atoms with Gasteiger partial charge in [-0.25, -0.2) is 0 Å². The molecule has 1 heterocycles. The van der Waals surface area contributed by atoms with Gasteiger partial charge in [-0.05, 0) is 12.3 Å². The highest BCUT2D eigenvalue weighted by Gasteiger charge is 2.25. The van der Waals surface area contributed by atoms with Gasteiger partial charge in [0.05, 0.1) is 0 Å². The average Bonchev–Trinajstić information content (AvgIpc) is 2.79. The number of aliphatic hydroxyl groups is 1. The van der Waals surface area contributed by atoms with Gasteiger partial charge < -0.3 is 15.8 Å². The Morgan fingerprint density at radius 2 is 2.18 bits per heavy atom. The highest BCUT2D eigenvalue weighted by atomic mass is 32.2. The molecule has 2 atom stereocenters. The van der Waals surface area contributed by atoms with Crippen molar-refractivity contribution in [2.45, 2.75) is 12.1 Å². The molecule has 0 spiro atoms. The Balaban J connectivity index is 2.36. The number of carbonyl (C=O) groups excluding carboxylic acids is 1. The lowest BCUT2D eigenvalue weighted by molar-refractivity contribution is -0.114. The smallest absolute Gasteiger partial charge is 0.208 e. The highest BCUT2D eigenvalue weighted by Crippen LogP contribution is 2.26. The van der Waals surface area contributed by atoms with Gasteiger partial charge in [-0.1, -0.05) is 30.0 Å². The van der Waals surface area contributed by atoms with E-state index in [0.717, 1.165) is 22.7 Å². The topological polar surface area (TPSA) is 79.1 Å². The number of carbonyl (C=O) groups is 1. The maximum atomic E-state index is 11.5. The van der Waals surface area contributed by atoms with Gasteiger partial charge in [0.25, 0.3) is 0 Å². The summed E-state index contributed by atoms with van der Waals surface area (Å²) in [5, 5.41) is 10.8. The van der Waals surface area contributed by atoms with Crippen molar-refractivity contribution in [2.75, 3.05) is 6.26 Å². The van der Waals surface area contributed by atoms with Crippen LogP contribution in [0.1, 0.15) is 11.7 Å². The van der Waals surface area contributed by atoms with Crippen LogP contribution in [0.3, 0.4) is 0 Å². The molecular weight excluding hydrogens is 236 g/mol. The molecule has 0 aliphatic heterocycles. The lowest BCUT2D eigenvalue weighted by atomic mass is 10.0. The number of thioether (sulfide) groups is 1. The fraction of sp³-hybridized carbons (Fsp3) is 0.250. The molecule has 4 nitrogen and oxygen atoms in total. The first-order valence-corrected chi connectivity index (χ1v) is 6.45. The summed E-state index contributed by atoms with van der Waals surface area (Å²) in [5.74, 6) is 0. The second-order valence-corrected chi connectivity index (χ2v) is 4.59. The standard InChI is InChI=1S/C12H14N2O2S/c1-17-12(16)10(13)11(15)8-6-14-9-5-3-2-4-7(8)9/h2-6,10-11,14-15H,13H2,1H3/t10-,11?/m0/s1. The molecule has 0 saturated heterocycles. The summed E-state index contributed by atoms with van der Waals surface area (Å²) in [6.07, 6.45) is 2.37. The third-order valence-corrected chi connectivity index (χ3v) is 3.43. The largest absolute Gasteiger partial charge is 0.386 e. The molecule has 0 aliphatic rings. The summed E-state index contributed by atoms with van der Waals surface area (Å²) in [6, 6.07) is 6.69. The van der Waals surface area contributed by atoms with Gasteiger partial charge in [0, 0.05) is 22.7 Å². The number of para-hydroxylation sites is 1. The molecule has 0 saturated carbocycles. The van der Waals surface area contributed by atoms with E-state index >= 15 is 0 Å². The van der Waals surface area contributed by atoms with Crippen LogP contribution in [0, 0.1) is 0 Å². The van der Waals surface area contributed by atoms with Crippen molar-refractivity contribution in [3.05, 3.63) is 36.0 Å². The molecule has 2 aromatic rings.